The molecule has 1 fully saturated rings. The summed E-state index contributed by atoms with van der Waals surface area (Å²) in [5, 5.41) is 20.1. The van der Waals surface area contributed by atoms with Crippen LogP contribution in [0.25, 0.3) is 11.5 Å². The third-order valence-electron chi connectivity index (χ3n) is 8.79. The standard InChI is InChI=1S/C37H48N6O4/c1-8-10-16-37(7)17-19-41(20-18-37)34-32(33(35(44)45)47-36(4,5)6)26(3)39-30-23-31(40-43(30)34)42-25-27(24-38-42)22-28-14-12-13-15-29(28)46-21-11-9-2/h8-9,12-15,23-25,33H,1-2,10-11,16-22H2,3-7H3,(H,44,45). The minimum atomic E-state index is -1.21. The summed E-state index contributed by atoms with van der Waals surface area (Å²) in [7, 11) is 0. The zero-order valence-electron chi connectivity index (χ0n) is 28.4. The molecule has 10 nitrogen and oxygen atoms in total. The van der Waals surface area contributed by atoms with E-state index in [-0.39, 0.29) is 5.41 Å². The van der Waals surface area contributed by atoms with Gasteiger partial charge in [-0.15, -0.1) is 18.3 Å². The zero-order chi connectivity index (χ0) is 33.8. The van der Waals surface area contributed by atoms with E-state index >= 15 is 0 Å². The van der Waals surface area contributed by atoms with Crippen LogP contribution in [0.15, 0.2) is 68.0 Å². The SMILES string of the molecule is C=CCCOc1ccccc1Cc1cnn(-c2cc3nc(C)c(C(OC(C)(C)C)C(=O)O)c(N4CCC(C)(CCC=C)CC4)n3n2)c1. The quantitative estimate of drug-likeness (QED) is 0.113. The first kappa shape index (κ1) is 33.9. The monoisotopic (exact) mass is 640 g/mol. The van der Waals surface area contributed by atoms with E-state index in [4.69, 9.17) is 19.6 Å². The fourth-order valence-electron chi connectivity index (χ4n) is 6.21. The average molecular weight is 641 g/mol. The van der Waals surface area contributed by atoms with Gasteiger partial charge in [0.25, 0.3) is 0 Å². The molecule has 1 saturated heterocycles. The van der Waals surface area contributed by atoms with Crippen LogP contribution in [0.1, 0.15) is 88.3 Å². The van der Waals surface area contributed by atoms with Crippen molar-refractivity contribution in [1.29, 1.82) is 0 Å². The highest BCUT2D eigenvalue weighted by Gasteiger charge is 2.37. The van der Waals surface area contributed by atoms with Crippen molar-refractivity contribution in [2.45, 2.75) is 84.8 Å². The van der Waals surface area contributed by atoms with Crippen molar-refractivity contribution < 1.29 is 19.4 Å². The van der Waals surface area contributed by atoms with Crippen LogP contribution in [-0.2, 0) is 16.0 Å². The second-order valence-corrected chi connectivity index (χ2v) is 13.8. The Labute approximate surface area is 277 Å². The Morgan fingerprint density at radius 2 is 1.87 bits per heavy atom. The Hall–Kier alpha value is -4.44. The third kappa shape index (κ3) is 7.93. The molecule has 3 aromatic heterocycles. The Morgan fingerprint density at radius 1 is 1.15 bits per heavy atom. The van der Waals surface area contributed by atoms with Crippen LogP contribution in [0, 0.1) is 12.3 Å². The van der Waals surface area contributed by atoms with Gasteiger partial charge in [-0.2, -0.15) is 9.61 Å². The van der Waals surface area contributed by atoms with Gasteiger partial charge in [0.1, 0.15) is 11.6 Å². The normalized spacial score (nSPS) is 15.5. The lowest BCUT2D eigenvalue weighted by Gasteiger charge is -2.41. The topological polar surface area (TPSA) is 107 Å². The van der Waals surface area contributed by atoms with Gasteiger partial charge in [-0.3, -0.25) is 0 Å². The molecular formula is C37H48N6O4. The first-order valence-corrected chi connectivity index (χ1v) is 16.4. The van der Waals surface area contributed by atoms with Crippen LogP contribution in [0.2, 0.25) is 0 Å². The van der Waals surface area contributed by atoms with Gasteiger partial charge in [-0.1, -0.05) is 37.3 Å². The summed E-state index contributed by atoms with van der Waals surface area (Å²) in [6.07, 6.45) is 11.8. The number of fused-ring (bicyclic) bond motifs is 1. The number of hydrogen-bond donors (Lipinski definition) is 1. The number of ether oxygens (including phenoxy) is 2. The number of para-hydroxylation sites is 1. The van der Waals surface area contributed by atoms with Crippen molar-refractivity contribution in [3.05, 3.63) is 90.4 Å². The molecule has 1 aliphatic heterocycles. The van der Waals surface area contributed by atoms with E-state index in [9.17, 15) is 9.90 Å². The number of carboxylic acid groups (broad SMARTS) is 1. The number of allylic oxidation sites excluding steroid dienone is 1. The summed E-state index contributed by atoms with van der Waals surface area (Å²) < 4.78 is 15.7. The lowest BCUT2D eigenvalue weighted by Crippen LogP contribution is -2.41. The van der Waals surface area contributed by atoms with E-state index in [1.807, 2.05) is 76.5 Å². The van der Waals surface area contributed by atoms with Gasteiger partial charge in [0.15, 0.2) is 17.6 Å². The number of carboxylic acids is 1. The number of benzene rings is 1. The second kappa shape index (κ2) is 14.1. The van der Waals surface area contributed by atoms with Crippen LogP contribution >= 0.6 is 0 Å². The number of aryl methyl sites for hydroxylation is 1. The molecule has 47 heavy (non-hydrogen) atoms. The fourth-order valence-corrected chi connectivity index (χ4v) is 6.21. The largest absolute Gasteiger partial charge is 0.493 e. The number of aliphatic carboxylic acids is 1. The molecule has 4 aromatic rings. The van der Waals surface area contributed by atoms with Crippen LogP contribution in [0.5, 0.6) is 5.75 Å². The number of nitrogens with zero attached hydrogens (tertiary/aromatic N) is 6. The summed E-state index contributed by atoms with van der Waals surface area (Å²) in [6.45, 7) is 19.6. The van der Waals surface area contributed by atoms with Crippen LogP contribution in [0.4, 0.5) is 5.82 Å². The molecule has 1 atom stereocenters. The highest BCUT2D eigenvalue weighted by molar-refractivity contribution is 5.78. The highest BCUT2D eigenvalue weighted by atomic mass is 16.5. The highest BCUT2D eigenvalue weighted by Crippen LogP contribution is 2.41. The van der Waals surface area contributed by atoms with Crippen LogP contribution in [0.3, 0.4) is 0 Å². The summed E-state index contributed by atoms with van der Waals surface area (Å²) in [4.78, 5) is 19.9. The molecule has 0 spiro atoms. The first-order chi connectivity index (χ1) is 22.4. The molecule has 0 aliphatic carbocycles. The summed E-state index contributed by atoms with van der Waals surface area (Å²) in [5.74, 6) is 1.09. The minimum Gasteiger partial charge on any atom is -0.493 e. The molecule has 0 amide bonds. The van der Waals surface area contributed by atoms with Gasteiger partial charge in [0.2, 0.25) is 0 Å². The van der Waals surface area contributed by atoms with Crippen molar-refractivity contribution in [2.75, 3.05) is 24.6 Å². The lowest BCUT2D eigenvalue weighted by molar-refractivity contribution is -0.160. The summed E-state index contributed by atoms with van der Waals surface area (Å²) in [5.41, 5.74) is 3.32. The third-order valence-corrected chi connectivity index (χ3v) is 8.79. The Morgan fingerprint density at radius 3 is 2.55 bits per heavy atom. The van der Waals surface area contributed by atoms with Gasteiger partial charge < -0.3 is 19.5 Å². The number of aromatic nitrogens is 5. The van der Waals surface area contributed by atoms with Crippen molar-refractivity contribution in [3.8, 4) is 11.6 Å². The van der Waals surface area contributed by atoms with Crippen molar-refractivity contribution in [2.24, 2.45) is 5.41 Å². The molecule has 10 heteroatoms. The molecule has 5 rings (SSSR count). The first-order valence-electron chi connectivity index (χ1n) is 16.4. The summed E-state index contributed by atoms with van der Waals surface area (Å²) >= 11 is 0. The van der Waals surface area contributed by atoms with Crippen LogP contribution in [-0.4, -0.2) is 60.8 Å². The molecule has 0 bridgehead atoms. The zero-order valence-corrected chi connectivity index (χ0v) is 28.4. The minimum absolute atomic E-state index is 0.191. The number of rotatable bonds is 14. The van der Waals surface area contributed by atoms with Gasteiger partial charge >= 0.3 is 5.97 Å². The molecule has 1 unspecified atom stereocenters. The predicted octanol–water partition coefficient (Wildman–Crippen LogP) is 7.28. The van der Waals surface area contributed by atoms with E-state index in [1.165, 1.54) is 0 Å². The van der Waals surface area contributed by atoms with Gasteiger partial charge in [-0.25, -0.2) is 14.5 Å². The number of piperidine rings is 1. The molecule has 0 radical (unpaired) electrons. The lowest BCUT2D eigenvalue weighted by atomic mass is 9.76. The Kier molecular flexibility index (Phi) is 10.2. The molecule has 0 saturated carbocycles. The van der Waals surface area contributed by atoms with Crippen molar-refractivity contribution in [3.63, 3.8) is 0 Å². The van der Waals surface area contributed by atoms with E-state index in [0.717, 1.165) is 62.1 Å². The van der Waals surface area contributed by atoms with Crippen molar-refractivity contribution >= 4 is 17.4 Å². The summed E-state index contributed by atoms with van der Waals surface area (Å²) in [6, 6.07) is 9.91. The molecular weight excluding hydrogens is 592 g/mol. The molecule has 1 aromatic carbocycles. The van der Waals surface area contributed by atoms with Gasteiger partial charge in [0, 0.05) is 37.5 Å². The van der Waals surface area contributed by atoms with Gasteiger partial charge in [0.05, 0.1) is 24.0 Å². The second-order valence-electron chi connectivity index (χ2n) is 13.8. The Balaban J connectivity index is 1.53. The van der Waals surface area contributed by atoms with E-state index in [0.29, 0.717) is 41.6 Å². The average Bonchev–Trinajstić information content (AvgIpc) is 3.66. The van der Waals surface area contributed by atoms with Crippen LogP contribution < -0.4 is 9.64 Å². The molecule has 250 valence electrons. The maximum Gasteiger partial charge on any atom is 0.337 e. The fraction of sp³-hybridized carbons (Fsp3) is 0.459. The smallest absolute Gasteiger partial charge is 0.337 e. The Bertz CT molecular complexity index is 1720. The predicted molar refractivity (Wildman–Crippen MR) is 185 cm³/mol. The van der Waals surface area contributed by atoms with E-state index in [1.54, 1.807) is 9.20 Å². The molecule has 4 heterocycles. The number of anilines is 1. The maximum atomic E-state index is 12.8. The van der Waals surface area contributed by atoms with E-state index in [2.05, 4.69) is 36.1 Å². The molecule has 1 N–H and O–H groups in total. The van der Waals surface area contributed by atoms with Crippen molar-refractivity contribution in [1.82, 2.24) is 24.4 Å². The molecule has 1 aliphatic rings. The number of hydrogen-bond acceptors (Lipinski definition) is 7. The van der Waals surface area contributed by atoms with Gasteiger partial charge in [-0.05, 0) is 82.4 Å². The maximum absolute atomic E-state index is 12.8. The van der Waals surface area contributed by atoms with E-state index < -0.39 is 17.7 Å². The number of carbonyl (C=O) groups is 1.